The SMILES string of the molecule is COc1ccc(C2/C(=C(\O)c3ccc(F)cc3)C(=O)C(=O)N2c2ccc(OCC(C)C)cc2)cc1. The first-order valence-corrected chi connectivity index (χ1v) is 11.2. The molecule has 0 aliphatic carbocycles. The lowest BCUT2D eigenvalue weighted by Crippen LogP contribution is -2.29. The number of hydrogen-bond donors (Lipinski definition) is 1. The van der Waals surface area contributed by atoms with Crippen LogP contribution in [0.25, 0.3) is 5.76 Å². The Morgan fingerprint density at radius 3 is 2.11 bits per heavy atom. The number of hydrogen-bond acceptors (Lipinski definition) is 5. The van der Waals surface area contributed by atoms with E-state index in [4.69, 9.17) is 9.47 Å². The summed E-state index contributed by atoms with van der Waals surface area (Å²) >= 11 is 0. The number of ketones is 1. The van der Waals surface area contributed by atoms with Gasteiger partial charge in [0.1, 0.15) is 23.1 Å². The minimum absolute atomic E-state index is 0.0769. The van der Waals surface area contributed by atoms with Gasteiger partial charge >= 0.3 is 0 Å². The number of aliphatic hydroxyl groups excluding tert-OH is 1. The summed E-state index contributed by atoms with van der Waals surface area (Å²) in [6, 6.07) is 18.0. The van der Waals surface area contributed by atoms with E-state index in [9.17, 15) is 19.1 Å². The molecule has 1 aliphatic heterocycles. The van der Waals surface area contributed by atoms with Crippen molar-refractivity contribution >= 4 is 23.1 Å². The van der Waals surface area contributed by atoms with Crippen LogP contribution in [-0.4, -0.2) is 30.5 Å². The van der Waals surface area contributed by atoms with Gasteiger partial charge < -0.3 is 14.6 Å². The zero-order valence-electron chi connectivity index (χ0n) is 19.7. The van der Waals surface area contributed by atoms with Gasteiger partial charge in [0.2, 0.25) is 0 Å². The van der Waals surface area contributed by atoms with E-state index in [-0.39, 0.29) is 16.9 Å². The highest BCUT2D eigenvalue weighted by Crippen LogP contribution is 2.42. The molecule has 7 heteroatoms. The van der Waals surface area contributed by atoms with E-state index >= 15 is 0 Å². The van der Waals surface area contributed by atoms with Crippen LogP contribution in [-0.2, 0) is 9.59 Å². The molecule has 1 heterocycles. The van der Waals surface area contributed by atoms with Gasteiger partial charge in [0, 0.05) is 11.3 Å². The maximum absolute atomic E-state index is 13.4. The molecule has 1 saturated heterocycles. The van der Waals surface area contributed by atoms with Crippen molar-refractivity contribution in [2.75, 3.05) is 18.6 Å². The van der Waals surface area contributed by atoms with Gasteiger partial charge in [-0.15, -0.1) is 0 Å². The Balaban J connectivity index is 1.81. The minimum atomic E-state index is -0.895. The second-order valence-corrected chi connectivity index (χ2v) is 8.65. The number of anilines is 1. The number of rotatable bonds is 7. The van der Waals surface area contributed by atoms with Crippen LogP contribution in [0.2, 0.25) is 0 Å². The van der Waals surface area contributed by atoms with Gasteiger partial charge in [-0.1, -0.05) is 26.0 Å². The summed E-state index contributed by atoms with van der Waals surface area (Å²) in [5.41, 5.74) is 1.24. The standard InChI is InChI=1S/C28H26FNO5/c1-17(2)16-35-23-14-10-21(11-15-23)30-25(18-6-12-22(34-3)13-7-18)24(27(32)28(30)33)26(31)19-4-8-20(29)9-5-19/h4-15,17,25,31H,16H2,1-3H3/b26-24+. The molecule has 35 heavy (non-hydrogen) atoms. The lowest BCUT2D eigenvalue weighted by atomic mass is 9.95. The number of benzene rings is 3. The molecule has 1 fully saturated rings. The third-order valence-electron chi connectivity index (χ3n) is 5.69. The van der Waals surface area contributed by atoms with Crippen LogP contribution in [0, 0.1) is 11.7 Å². The first kappa shape index (κ1) is 24.0. The number of carbonyl (C=O) groups is 2. The molecule has 3 aromatic rings. The predicted molar refractivity (Wildman–Crippen MR) is 131 cm³/mol. The van der Waals surface area contributed by atoms with E-state index in [1.165, 1.54) is 29.2 Å². The largest absolute Gasteiger partial charge is 0.507 e. The van der Waals surface area contributed by atoms with Gasteiger partial charge in [-0.2, -0.15) is 0 Å². The van der Waals surface area contributed by atoms with Crippen LogP contribution < -0.4 is 14.4 Å². The highest BCUT2D eigenvalue weighted by molar-refractivity contribution is 6.51. The van der Waals surface area contributed by atoms with Crippen LogP contribution in [0.3, 0.4) is 0 Å². The second kappa shape index (κ2) is 10.0. The van der Waals surface area contributed by atoms with Gasteiger partial charge in [0.15, 0.2) is 0 Å². The van der Waals surface area contributed by atoms with E-state index in [0.29, 0.717) is 35.3 Å². The number of nitrogens with zero attached hydrogens (tertiary/aromatic N) is 1. The van der Waals surface area contributed by atoms with Crippen molar-refractivity contribution in [3.8, 4) is 11.5 Å². The smallest absolute Gasteiger partial charge is 0.300 e. The number of methoxy groups -OCH3 is 1. The highest BCUT2D eigenvalue weighted by atomic mass is 19.1. The molecule has 1 unspecified atom stereocenters. The molecule has 1 aliphatic rings. The predicted octanol–water partition coefficient (Wildman–Crippen LogP) is 5.50. The van der Waals surface area contributed by atoms with Gasteiger partial charge in [-0.3, -0.25) is 14.5 Å². The molecular weight excluding hydrogens is 449 g/mol. The van der Waals surface area contributed by atoms with Crippen LogP contribution in [0.4, 0.5) is 10.1 Å². The minimum Gasteiger partial charge on any atom is -0.507 e. The average Bonchev–Trinajstić information content (AvgIpc) is 3.13. The Morgan fingerprint density at radius 2 is 1.54 bits per heavy atom. The Kier molecular flexibility index (Phi) is 6.87. The van der Waals surface area contributed by atoms with E-state index < -0.39 is 23.5 Å². The van der Waals surface area contributed by atoms with Crippen molar-refractivity contribution in [1.29, 1.82) is 0 Å². The average molecular weight is 476 g/mol. The number of aliphatic hydroxyl groups is 1. The highest BCUT2D eigenvalue weighted by Gasteiger charge is 2.47. The van der Waals surface area contributed by atoms with Crippen molar-refractivity contribution < 1.29 is 28.6 Å². The molecule has 1 N–H and O–H groups in total. The molecule has 0 saturated carbocycles. The maximum atomic E-state index is 13.4. The number of Topliss-reactive ketones (excluding diaryl/α,β-unsaturated/α-hetero) is 1. The summed E-state index contributed by atoms with van der Waals surface area (Å²) in [6.45, 7) is 4.64. The molecular formula is C28H26FNO5. The van der Waals surface area contributed by atoms with E-state index in [1.54, 1.807) is 55.6 Å². The van der Waals surface area contributed by atoms with Gasteiger partial charge in [-0.05, 0) is 72.1 Å². The third-order valence-corrected chi connectivity index (χ3v) is 5.69. The number of amides is 1. The first-order valence-electron chi connectivity index (χ1n) is 11.2. The summed E-state index contributed by atoms with van der Waals surface area (Å²) in [5, 5.41) is 11.1. The van der Waals surface area contributed by atoms with Crippen molar-refractivity contribution in [1.82, 2.24) is 0 Å². The van der Waals surface area contributed by atoms with Crippen LogP contribution in [0.5, 0.6) is 11.5 Å². The molecule has 0 spiro atoms. The fourth-order valence-corrected chi connectivity index (χ4v) is 3.93. The fraction of sp³-hybridized carbons (Fsp3) is 0.214. The molecule has 3 aromatic carbocycles. The third kappa shape index (κ3) is 4.89. The lowest BCUT2D eigenvalue weighted by molar-refractivity contribution is -0.132. The lowest BCUT2D eigenvalue weighted by Gasteiger charge is -2.25. The van der Waals surface area contributed by atoms with Crippen molar-refractivity contribution in [2.24, 2.45) is 5.92 Å². The number of carbonyl (C=O) groups excluding carboxylic acids is 2. The Hall–Kier alpha value is -4.13. The van der Waals surface area contributed by atoms with Crippen molar-refractivity contribution in [2.45, 2.75) is 19.9 Å². The molecule has 0 aromatic heterocycles. The normalized spacial score (nSPS) is 17.2. The molecule has 180 valence electrons. The van der Waals surface area contributed by atoms with Crippen molar-refractivity contribution in [3.05, 3.63) is 95.3 Å². The fourth-order valence-electron chi connectivity index (χ4n) is 3.93. The first-order chi connectivity index (χ1) is 16.8. The number of halogens is 1. The Bertz CT molecular complexity index is 1250. The topological polar surface area (TPSA) is 76.1 Å². The van der Waals surface area contributed by atoms with Crippen molar-refractivity contribution in [3.63, 3.8) is 0 Å². The Labute approximate surface area is 203 Å². The summed E-state index contributed by atoms with van der Waals surface area (Å²) in [5.74, 6) is -0.841. The van der Waals surface area contributed by atoms with Crippen LogP contribution in [0.15, 0.2) is 78.4 Å². The summed E-state index contributed by atoms with van der Waals surface area (Å²) in [4.78, 5) is 27.8. The Morgan fingerprint density at radius 1 is 0.943 bits per heavy atom. The van der Waals surface area contributed by atoms with Gasteiger partial charge in [0.25, 0.3) is 11.7 Å². The zero-order chi connectivity index (χ0) is 25.1. The van der Waals surface area contributed by atoms with Gasteiger partial charge in [-0.25, -0.2) is 4.39 Å². The molecule has 1 atom stereocenters. The second-order valence-electron chi connectivity index (χ2n) is 8.65. The number of ether oxygens (including phenoxy) is 2. The van der Waals surface area contributed by atoms with E-state index in [2.05, 4.69) is 0 Å². The quantitative estimate of drug-likeness (QED) is 0.278. The maximum Gasteiger partial charge on any atom is 0.300 e. The summed E-state index contributed by atoms with van der Waals surface area (Å²) in [6.07, 6.45) is 0. The molecule has 1 amide bonds. The van der Waals surface area contributed by atoms with Crippen LogP contribution >= 0.6 is 0 Å². The molecule has 4 rings (SSSR count). The zero-order valence-corrected chi connectivity index (χ0v) is 19.7. The molecule has 0 radical (unpaired) electrons. The summed E-state index contributed by atoms with van der Waals surface area (Å²) in [7, 11) is 1.54. The van der Waals surface area contributed by atoms with E-state index in [1.807, 2.05) is 13.8 Å². The summed E-state index contributed by atoms with van der Waals surface area (Å²) < 4.78 is 24.4. The van der Waals surface area contributed by atoms with Gasteiger partial charge in [0.05, 0.1) is 25.3 Å². The van der Waals surface area contributed by atoms with Crippen LogP contribution in [0.1, 0.15) is 31.0 Å². The molecule has 6 nitrogen and oxygen atoms in total. The van der Waals surface area contributed by atoms with E-state index in [0.717, 1.165) is 0 Å². The monoisotopic (exact) mass is 475 g/mol. The molecule has 0 bridgehead atoms.